The third-order valence-electron chi connectivity index (χ3n) is 6.28. The summed E-state index contributed by atoms with van der Waals surface area (Å²) in [5, 5.41) is 0. The summed E-state index contributed by atoms with van der Waals surface area (Å²) in [5.41, 5.74) is 2.06. The van der Waals surface area contributed by atoms with Crippen LogP contribution < -0.4 is 0 Å². The first-order valence-electron chi connectivity index (χ1n) is 13.3. The maximum absolute atomic E-state index is 13.3. The van der Waals surface area contributed by atoms with Gasteiger partial charge in [-0.2, -0.15) is 13.2 Å². The van der Waals surface area contributed by atoms with E-state index >= 15 is 0 Å². The molecule has 0 N–H and O–H groups in total. The van der Waals surface area contributed by atoms with Gasteiger partial charge in [-0.25, -0.2) is 9.59 Å². The lowest BCUT2D eigenvalue weighted by atomic mass is 10.0. The van der Waals surface area contributed by atoms with Crippen LogP contribution in [0, 0.1) is 0 Å². The minimum absolute atomic E-state index is 0.0553. The summed E-state index contributed by atoms with van der Waals surface area (Å²) in [7, 11) is 0. The van der Waals surface area contributed by atoms with Crippen molar-refractivity contribution >= 4 is 11.9 Å². The number of halogens is 3. The summed E-state index contributed by atoms with van der Waals surface area (Å²) in [6.07, 6.45) is 1.02. The molecule has 0 aliphatic rings. The Kier molecular flexibility index (Phi) is 12.7. The number of esters is 2. The Morgan fingerprint density at radius 1 is 0.676 bits per heavy atom. The van der Waals surface area contributed by atoms with Gasteiger partial charge in [0.15, 0.2) is 6.10 Å². The molecule has 0 unspecified atom stereocenters. The Labute approximate surface area is 218 Å². The number of hydrogen-bond donors (Lipinski definition) is 0. The van der Waals surface area contributed by atoms with Crippen molar-refractivity contribution in [1.29, 1.82) is 0 Å². The van der Waals surface area contributed by atoms with Crippen molar-refractivity contribution in [3.8, 4) is 11.1 Å². The molecular weight excluding hydrogens is 481 g/mol. The number of benzene rings is 2. The third-order valence-corrected chi connectivity index (χ3v) is 6.28. The quantitative estimate of drug-likeness (QED) is 0.174. The normalized spacial score (nSPS) is 13.1. The van der Waals surface area contributed by atoms with Crippen LogP contribution in [0.2, 0.25) is 0 Å². The molecule has 0 saturated heterocycles. The van der Waals surface area contributed by atoms with Crippen LogP contribution in [0.4, 0.5) is 13.2 Å². The second-order valence-corrected chi connectivity index (χ2v) is 9.50. The van der Waals surface area contributed by atoms with Crippen LogP contribution in [0.5, 0.6) is 0 Å². The van der Waals surface area contributed by atoms with E-state index in [4.69, 9.17) is 9.47 Å². The molecule has 0 radical (unpaired) electrons. The zero-order chi connectivity index (χ0) is 27.3. The first-order chi connectivity index (χ1) is 17.7. The van der Waals surface area contributed by atoms with Gasteiger partial charge in [-0.05, 0) is 68.0 Å². The standard InChI is InChI=1S/C30H39F3O4/c1-4-6-8-10-12-22(3)36-28(34)25-18-14-23(15-19-25)24-16-20-26(21-17-24)29(35)37-27(30(31,32)33)13-11-9-7-5-2/h14-22,27H,4-13H2,1-3H3/t22-,27+/m1/s1. The highest BCUT2D eigenvalue weighted by Crippen LogP contribution is 2.28. The van der Waals surface area contributed by atoms with Crippen molar-refractivity contribution in [1.82, 2.24) is 0 Å². The molecule has 2 atom stereocenters. The first-order valence-corrected chi connectivity index (χ1v) is 13.3. The smallest absolute Gasteiger partial charge is 0.425 e. The molecule has 0 aliphatic carbocycles. The number of carbonyl (C=O) groups is 2. The van der Waals surface area contributed by atoms with E-state index in [1.165, 1.54) is 18.6 Å². The lowest BCUT2D eigenvalue weighted by molar-refractivity contribution is -0.206. The van der Waals surface area contributed by atoms with Gasteiger partial charge in [0.25, 0.3) is 0 Å². The van der Waals surface area contributed by atoms with Crippen LogP contribution in [0.15, 0.2) is 48.5 Å². The molecule has 0 amide bonds. The van der Waals surface area contributed by atoms with Crippen molar-refractivity contribution in [2.24, 2.45) is 0 Å². The molecule has 2 rings (SSSR count). The van der Waals surface area contributed by atoms with E-state index < -0.39 is 18.2 Å². The van der Waals surface area contributed by atoms with Crippen LogP contribution >= 0.6 is 0 Å². The minimum atomic E-state index is -4.60. The number of carbonyl (C=O) groups excluding carboxylic acids is 2. The summed E-state index contributed by atoms with van der Waals surface area (Å²) in [6, 6.07) is 13.1. The first kappa shape index (κ1) is 30.4. The van der Waals surface area contributed by atoms with Gasteiger partial charge in [-0.1, -0.05) is 76.6 Å². The fraction of sp³-hybridized carbons (Fsp3) is 0.533. The fourth-order valence-corrected chi connectivity index (χ4v) is 4.01. The summed E-state index contributed by atoms with van der Waals surface area (Å²) >= 11 is 0. The summed E-state index contributed by atoms with van der Waals surface area (Å²) in [5.74, 6) is -1.37. The number of ether oxygens (including phenoxy) is 2. The molecule has 4 nitrogen and oxygen atoms in total. The number of hydrogen-bond acceptors (Lipinski definition) is 4. The van der Waals surface area contributed by atoms with Gasteiger partial charge in [-0.3, -0.25) is 0 Å². The zero-order valence-corrected chi connectivity index (χ0v) is 22.1. The highest BCUT2D eigenvalue weighted by Gasteiger charge is 2.42. The maximum Gasteiger partial charge on any atom is 0.425 e. The second kappa shape index (κ2) is 15.4. The van der Waals surface area contributed by atoms with Crippen LogP contribution in [-0.2, 0) is 9.47 Å². The molecule has 0 heterocycles. The highest BCUT2D eigenvalue weighted by atomic mass is 19.4. The number of rotatable bonds is 15. The molecule has 0 aliphatic heterocycles. The Balaban J connectivity index is 1.95. The Morgan fingerprint density at radius 3 is 1.54 bits per heavy atom. The Bertz CT molecular complexity index is 952. The Morgan fingerprint density at radius 2 is 1.11 bits per heavy atom. The highest BCUT2D eigenvalue weighted by molar-refractivity contribution is 5.91. The molecule has 7 heteroatoms. The van der Waals surface area contributed by atoms with Crippen molar-refractivity contribution in [2.75, 3.05) is 0 Å². The van der Waals surface area contributed by atoms with Crippen molar-refractivity contribution < 1.29 is 32.2 Å². The molecule has 2 aromatic carbocycles. The lowest BCUT2D eigenvalue weighted by Crippen LogP contribution is -2.33. The predicted octanol–water partition coefficient (Wildman–Crippen LogP) is 8.93. The van der Waals surface area contributed by atoms with Gasteiger partial charge < -0.3 is 9.47 Å². The molecule has 0 saturated carbocycles. The van der Waals surface area contributed by atoms with Crippen molar-refractivity contribution in [3.05, 3.63) is 59.7 Å². The fourth-order valence-electron chi connectivity index (χ4n) is 4.01. The maximum atomic E-state index is 13.3. The largest absolute Gasteiger partial charge is 0.459 e. The molecule has 0 spiro atoms. The van der Waals surface area contributed by atoms with E-state index in [1.54, 1.807) is 36.4 Å². The van der Waals surface area contributed by atoms with E-state index in [0.717, 1.165) is 49.7 Å². The second-order valence-electron chi connectivity index (χ2n) is 9.50. The molecule has 204 valence electrons. The zero-order valence-electron chi connectivity index (χ0n) is 22.1. The van der Waals surface area contributed by atoms with E-state index in [9.17, 15) is 22.8 Å². The molecular formula is C30H39F3O4. The van der Waals surface area contributed by atoms with E-state index in [1.807, 2.05) is 13.8 Å². The van der Waals surface area contributed by atoms with E-state index in [0.29, 0.717) is 18.4 Å². The van der Waals surface area contributed by atoms with Crippen molar-refractivity contribution in [3.63, 3.8) is 0 Å². The topological polar surface area (TPSA) is 52.6 Å². The van der Waals surface area contributed by atoms with Crippen LogP contribution in [-0.4, -0.2) is 30.3 Å². The van der Waals surface area contributed by atoms with Crippen molar-refractivity contribution in [2.45, 2.75) is 103 Å². The Hall–Kier alpha value is -2.83. The van der Waals surface area contributed by atoms with Gasteiger partial charge in [0.1, 0.15) is 0 Å². The monoisotopic (exact) mass is 520 g/mol. The molecule has 0 bridgehead atoms. The van der Waals surface area contributed by atoms with Crippen LogP contribution in [0.3, 0.4) is 0 Å². The summed E-state index contributed by atoms with van der Waals surface area (Å²) < 4.78 is 50.3. The summed E-state index contributed by atoms with van der Waals surface area (Å²) in [6.45, 7) is 6.03. The van der Waals surface area contributed by atoms with Crippen LogP contribution in [0.1, 0.15) is 106 Å². The average molecular weight is 521 g/mol. The van der Waals surface area contributed by atoms with Gasteiger partial charge in [0, 0.05) is 0 Å². The van der Waals surface area contributed by atoms with E-state index in [-0.39, 0.29) is 24.1 Å². The van der Waals surface area contributed by atoms with Gasteiger partial charge >= 0.3 is 18.1 Å². The minimum Gasteiger partial charge on any atom is -0.459 e. The van der Waals surface area contributed by atoms with Crippen LogP contribution in [0.25, 0.3) is 11.1 Å². The number of alkyl halides is 3. The SMILES string of the molecule is CCCCCC[C@@H](C)OC(=O)c1ccc(-c2ccc(C(=O)O[C@@H](CCCCCC)C(F)(F)F)cc2)cc1. The summed E-state index contributed by atoms with van der Waals surface area (Å²) in [4.78, 5) is 24.8. The number of unbranched alkanes of at least 4 members (excludes halogenated alkanes) is 6. The van der Waals surface area contributed by atoms with Gasteiger partial charge in [-0.15, -0.1) is 0 Å². The van der Waals surface area contributed by atoms with Gasteiger partial charge in [0.05, 0.1) is 17.2 Å². The third kappa shape index (κ3) is 10.6. The molecule has 2 aromatic rings. The molecule has 0 fully saturated rings. The molecule has 37 heavy (non-hydrogen) atoms. The van der Waals surface area contributed by atoms with Gasteiger partial charge in [0.2, 0.25) is 0 Å². The van der Waals surface area contributed by atoms with E-state index in [2.05, 4.69) is 6.92 Å². The predicted molar refractivity (Wildman–Crippen MR) is 140 cm³/mol. The molecule has 0 aromatic heterocycles. The lowest BCUT2D eigenvalue weighted by Gasteiger charge is -2.20. The average Bonchev–Trinajstić information content (AvgIpc) is 2.88.